The van der Waals surface area contributed by atoms with Crippen LogP contribution in [0.1, 0.15) is 18.9 Å². The lowest BCUT2D eigenvalue weighted by atomic mass is 10.2. The van der Waals surface area contributed by atoms with Gasteiger partial charge in [0.05, 0.1) is 23.6 Å². The molecule has 8 nitrogen and oxygen atoms in total. The van der Waals surface area contributed by atoms with Gasteiger partial charge in [-0.1, -0.05) is 48.0 Å². The highest BCUT2D eigenvalue weighted by Gasteiger charge is 2.27. The molecule has 2 aromatic heterocycles. The van der Waals surface area contributed by atoms with Crippen molar-refractivity contribution in [2.75, 3.05) is 31.1 Å². The molecule has 0 spiro atoms. The minimum atomic E-state index is -0.324. The normalized spacial score (nSPS) is 15.5. The molecule has 168 valence electrons. The smallest absolute Gasteiger partial charge is 0.292 e. The first-order valence-corrected chi connectivity index (χ1v) is 11.2. The molecule has 0 amide bonds. The molecule has 0 bridgehead atoms. The molecule has 0 aliphatic carbocycles. The van der Waals surface area contributed by atoms with Gasteiger partial charge in [-0.05, 0) is 31.2 Å². The van der Waals surface area contributed by atoms with E-state index in [1.54, 1.807) is 6.20 Å². The molecule has 1 saturated heterocycles. The number of piperazine rings is 1. The number of rotatable bonds is 5. The van der Waals surface area contributed by atoms with Crippen molar-refractivity contribution in [1.29, 1.82) is 0 Å². The van der Waals surface area contributed by atoms with Gasteiger partial charge >= 0.3 is 0 Å². The molecule has 1 aliphatic rings. The van der Waals surface area contributed by atoms with Gasteiger partial charge in [-0.3, -0.25) is 9.69 Å². The number of halogens is 1. The van der Waals surface area contributed by atoms with E-state index in [-0.39, 0.29) is 16.6 Å². The maximum absolute atomic E-state index is 12.8. The molecule has 9 heteroatoms. The molecule has 0 radical (unpaired) electrons. The van der Waals surface area contributed by atoms with Gasteiger partial charge in [0.25, 0.3) is 5.56 Å². The van der Waals surface area contributed by atoms with Crippen LogP contribution in [0.5, 0.6) is 0 Å². The lowest BCUT2D eigenvalue weighted by Crippen LogP contribution is -2.47. The molecule has 4 aromatic rings. The number of para-hydroxylation sites is 1. The fourth-order valence-corrected chi connectivity index (χ4v) is 4.25. The molecule has 1 atom stereocenters. The largest absolute Gasteiger partial charge is 0.419 e. The van der Waals surface area contributed by atoms with Crippen molar-refractivity contribution in [3.8, 4) is 17.1 Å². The predicted octanol–water partition coefficient (Wildman–Crippen LogP) is 3.82. The third kappa shape index (κ3) is 4.27. The van der Waals surface area contributed by atoms with E-state index in [9.17, 15) is 4.79 Å². The van der Waals surface area contributed by atoms with Crippen LogP contribution < -0.4 is 10.5 Å². The number of aromatic nitrogens is 4. The highest BCUT2D eigenvalue weighted by atomic mass is 35.5. The van der Waals surface area contributed by atoms with Crippen LogP contribution in [0.2, 0.25) is 5.02 Å². The summed E-state index contributed by atoms with van der Waals surface area (Å²) in [5.74, 6) is 1.11. The Morgan fingerprint density at radius 2 is 1.61 bits per heavy atom. The number of hydrogen-bond donors (Lipinski definition) is 0. The minimum Gasteiger partial charge on any atom is -0.419 e. The molecule has 33 heavy (non-hydrogen) atoms. The molecule has 5 rings (SSSR count). The molecular weight excluding hydrogens is 440 g/mol. The van der Waals surface area contributed by atoms with Crippen LogP contribution in [-0.4, -0.2) is 51.1 Å². The second-order valence-corrected chi connectivity index (χ2v) is 8.28. The van der Waals surface area contributed by atoms with Gasteiger partial charge in [0.15, 0.2) is 0 Å². The summed E-state index contributed by atoms with van der Waals surface area (Å²) < 4.78 is 7.26. The van der Waals surface area contributed by atoms with E-state index in [1.165, 1.54) is 4.68 Å². The Hall–Kier alpha value is -3.49. The van der Waals surface area contributed by atoms with Gasteiger partial charge in [-0.15, -0.1) is 10.2 Å². The highest BCUT2D eigenvalue weighted by molar-refractivity contribution is 6.33. The highest BCUT2D eigenvalue weighted by Crippen LogP contribution is 2.27. The van der Waals surface area contributed by atoms with Crippen molar-refractivity contribution < 1.29 is 4.42 Å². The maximum Gasteiger partial charge on any atom is 0.292 e. The van der Waals surface area contributed by atoms with Crippen LogP contribution in [0, 0.1) is 0 Å². The monoisotopic (exact) mass is 462 g/mol. The number of benzene rings is 2. The van der Waals surface area contributed by atoms with E-state index >= 15 is 0 Å². The first-order chi connectivity index (χ1) is 16.1. The third-order valence-electron chi connectivity index (χ3n) is 5.92. The summed E-state index contributed by atoms with van der Waals surface area (Å²) in [6.07, 6.45) is 1.67. The van der Waals surface area contributed by atoms with Crippen LogP contribution in [0.25, 0.3) is 17.1 Å². The van der Waals surface area contributed by atoms with E-state index in [0.717, 1.165) is 18.7 Å². The van der Waals surface area contributed by atoms with Crippen LogP contribution in [0.15, 0.2) is 76.1 Å². The van der Waals surface area contributed by atoms with E-state index < -0.39 is 0 Å². The number of hydrogen-bond acceptors (Lipinski definition) is 7. The first kappa shape index (κ1) is 21.4. The van der Waals surface area contributed by atoms with Crippen LogP contribution in [0.4, 0.5) is 5.69 Å². The van der Waals surface area contributed by atoms with Crippen molar-refractivity contribution in [2.45, 2.75) is 13.0 Å². The third-order valence-corrected chi connectivity index (χ3v) is 6.28. The van der Waals surface area contributed by atoms with E-state index in [4.69, 9.17) is 16.0 Å². The lowest BCUT2D eigenvalue weighted by Gasteiger charge is -2.38. The van der Waals surface area contributed by atoms with Gasteiger partial charge < -0.3 is 9.32 Å². The molecule has 3 heterocycles. The molecule has 0 N–H and O–H groups in total. The van der Waals surface area contributed by atoms with Crippen molar-refractivity contribution in [2.24, 2.45) is 0 Å². The quantitative estimate of drug-likeness (QED) is 0.446. The summed E-state index contributed by atoms with van der Waals surface area (Å²) in [6.45, 7) is 5.01. The zero-order chi connectivity index (χ0) is 22.8. The van der Waals surface area contributed by atoms with Gasteiger partial charge in [-0.2, -0.15) is 9.78 Å². The van der Waals surface area contributed by atoms with Crippen molar-refractivity contribution in [3.05, 3.63) is 88.1 Å². The van der Waals surface area contributed by atoms with Crippen LogP contribution in [-0.2, 0) is 0 Å². The lowest BCUT2D eigenvalue weighted by molar-refractivity contribution is 0.173. The molecular formula is C24H23ClN6O2. The number of anilines is 1. The summed E-state index contributed by atoms with van der Waals surface area (Å²) in [4.78, 5) is 17.2. The predicted molar refractivity (Wildman–Crippen MR) is 127 cm³/mol. The second-order valence-electron chi connectivity index (χ2n) is 7.91. The average molecular weight is 463 g/mol. The fraction of sp³-hybridized carbons (Fsp3) is 0.250. The molecule has 0 saturated carbocycles. The first-order valence-electron chi connectivity index (χ1n) is 10.8. The van der Waals surface area contributed by atoms with Gasteiger partial charge in [0.2, 0.25) is 11.8 Å². The SMILES string of the molecule is CC(c1nnc(-c2ccccc2)o1)N1CCN(c2cnn(-c3ccccc3)c(=O)c2Cl)CC1. The Labute approximate surface area is 196 Å². The number of nitrogens with zero attached hydrogens (tertiary/aromatic N) is 6. The zero-order valence-electron chi connectivity index (χ0n) is 18.1. The Kier molecular flexibility index (Phi) is 5.93. The molecule has 1 aliphatic heterocycles. The summed E-state index contributed by atoms with van der Waals surface area (Å²) in [6, 6.07) is 19.0. The molecule has 1 unspecified atom stereocenters. The Balaban J connectivity index is 1.27. The van der Waals surface area contributed by atoms with E-state index in [0.29, 0.717) is 36.2 Å². The Morgan fingerprint density at radius 1 is 0.939 bits per heavy atom. The van der Waals surface area contributed by atoms with Gasteiger partial charge in [0.1, 0.15) is 5.02 Å². The minimum absolute atomic E-state index is 0.0169. The van der Waals surface area contributed by atoms with E-state index in [1.807, 2.05) is 60.7 Å². The Bertz CT molecular complexity index is 1280. The summed E-state index contributed by atoms with van der Waals surface area (Å²) in [5.41, 5.74) is 1.92. The van der Waals surface area contributed by atoms with E-state index in [2.05, 4.69) is 32.0 Å². The second kappa shape index (κ2) is 9.17. The van der Waals surface area contributed by atoms with Gasteiger partial charge in [-0.25, -0.2) is 0 Å². The fourth-order valence-electron chi connectivity index (χ4n) is 4.00. The molecule has 2 aromatic carbocycles. The topological polar surface area (TPSA) is 80.3 Å². The van der Waals surface area contributed by atoms with Crippen LogP contribution >= 0.6 is 11.6 Å². The van der Waals surface area contributed by atoms with Crippen LogP contribution in [0.3, 0.4) is 0 Å². The van der Waals surface area contributed by atoms with Gasteiger partial charge in [0, 0.05) is 31.7 Å². The standard InChI is InChI=1S/C24H23ClN6O2/c1-17(22-27-28-23(33-22)18-8-4-2-5-9-18)29-12-14-30(15-13-29)20-16-26-31(24(32)21(20)25)19-10-6-3-7-11-19/h2-11,16-17H,12-15H2,1H3. The van der Waals surface area contributed by atoms with Crippen molar-refractivity contribution >= 4 is 17.3 Å². The summed E-state index contributed by atoms with van der Waals surface area (Å²) >= 11 is 6.48. The zero-order valence-corrected chi connectivity index (χ0v) is 18.9. The molecule has 1 fully saturated rings. The average Bonchev–Trinajstić information content (AvgIpc) is 3.37. The summed E-state index contributed by atoms with van der Waals surface area (Å²) in [7, 11) is 0. The van der Waals surface area contributed by atoms with Crippen molar-refractivity contribution in [3.63, 3.8) is 0 Å². The Morgan fingerprint density at radius 3 is 2.30 bits per heavy atom. The summed E-state index contributed by atoms with van der Waals surface area (Å²) in [5, 5.41) is 13.0. The maximum atomic E-state index is 12.8. The van der Waals surface area contributed by atoms with Crippen molar-refractivity contribution in [1.82, 2.24) is 24.9 Å².